The Morgan fingerprint density at radius 3 is 2.87 bits per heavy atom. The summed E-state index contributed by atoms with van der Waals surface area (Å²) in [5, 5.41) is 0. The Hall–Kier alpha value is -2.17. The Balaban J connectivity index is 2.92. The first-order valence-corrected chi connectivity index (χ1v) is 4.15. The lowest BCUT2D eigenvalue weighted by Gasteiger charge is -1.98. The Kier molecular flexibility index (Phi) is 3.56. The lowest BCUT2D eigenvalue weighted by atomic mass is 10.2. The van der Waals surface area contributed by atoms with Crippen LogP contribution in [0.2, 0.25) is 0 Å². The first-order valence-electron chi connectivity index (χ1n) is 4.15. The fourth-order valence-corrected chi connectivity index (χ4v) is 0.945. The smallest absolute Gasteiger partial charge is 0.356 e. The third-order valence-corrected chi connectivity index (χ3v) is 1.62. The molecular formula is C10H10N2O3. The van der Waals surface area contributed by atoms with Crippen LogP contribution in [0.5, 0.6) is 0 Å². The summed E-state index contributed by atoms with van der Waals surface area (Å²) in [4.78, 5) is 25.4. The van der Waals surface area contributed by atoms with Crippen molar-refractivity contribution in [3.05, 3.63) is 35.7 Å². The van der Waals surface area contributed by atoms with Crippen LogP contribution >= 0.6 is 0 Å². The highest BCUT2D eigenvalue weighted by Gasteiger charge is 2.05. The van der Waals surface area contributed by atoms with Gasteiger partial charge in [-0.1, -0.05) is 0 Å². The summed E-state index contributed by atoms with van der Waals surface area (Å²) in [6, 6.07) is 3.15. The number of rotatable bonds is 3. The minimum atomic E-state index is -0.550. The molecule has 1 rings (SSSR count). The van der Waals surface area contributed by atoms with Crippen molar-refractivity contribution in [3.63, 3.8) is 0 Å². The molecule has 5 heteroatoms. The van der Waals surface area contributed by atoms with Gasteiger partial charge < -0.3 is 10.5 Å². The first kappa shape index (κ1) is 10.9. The SMILES string of the molecule is COC(=O)c1cc(C=CC(N)=O)ccn1. The summed E-state index contributed by atoms with van der Waals surface area (Å²) in [5.41, 5.74) is 5.77. The molecule has 0 atom stereocenters. The van der Waals surface area contributed by atoms with Gasteiger partial charge in [0.05, 0.1) is 7.11 Å². The normalized spacial score (nSPS) is 10.2. The zero-order valence-corrected chi connectivity index (χ0v) is 8.14. The van der Waals surface area contributed by atoms with Crippen molar-refractivity contribution in [1.29, 1.82) is 0 Å². The van der Waals surface area contributed by atoms with Crippen LogP contribution in [0, 0.1) is 0 Å². The maximum atomic E-state index is 11.1. The summed E-state index contributed by atoms with van der Waals surface area (Å²) in [6.45, 7) is 0. The number of carbonyl (C=O) groups excluding carboxylic acids is 2. The number of ether oxygens (including phenoxy) is 1. The molecular weight excluding hydrogens is 196 g/mol. The molecule has 0 bridgehead atoms. The molecule has 0 aliphatic carbocycles. The van der Waals surface area contributed by atoms with Crippen LogP contribution in [-0.4, -0.2) is 24.0 Å². The first-order chi connectivity index (χ1) is 7.13. The molecule has 0 aliphatic rings. The van der Waals surface area contributed by atoms with E-state index in [0.29, 0.717) is 5.56 Å². The van der Waals surface area contributed by atoms with Gasteiger partial charge in [0.15, 0.2) is 0 Å². The third kappa shape index (κ3) is 3.22. The van der Waals surface area contributed by atoms with Crippen molar-refractivity contribution in [2.75, 3.05) is 7.11 Å². The van der Waals surface area contributed by atoms with Crippen molar-refractivity contribution < 1.29 is 14.3 Å². The minimum absolute atomic E-state index is 0.184. The number of nitrogens with zero attached hydrogens (tertiary/aromatic N) is 1. The van der Waals surface area contributed by atoms with E-state index < -0.39 is 11.9 Å². The monoisotopic (exact) mass is 206 g/mol. The number of nitrogens with two attached hydrogens (primary N) is 1. The van der Waals surface area contributed by atoms with Gasteiger partial charge in [0.25, 0.3) is 0 Å². The molecule has 5 nitrogen and oxygen atoms in total. The van der Waals surface area contributed by atoms with Crippen molar-refractivity contribution in [1.82, 2.24) is 4.98 Å². The molecule has 0 radical (unpaired) electrons. The van der Waals surface area contributed by atoms with Crippen LogP contribution in [0.15, 0.2) is 24.4 Å². The number of primary amides is 1. The van der Waals surface area contributed by atoms with Gasteiger partial charge in [-0.05, 0) is 23.8 Å². The van der Waals surface area contributed by atoms with E-state index in [1.54, 1.807) is 6.07 Å². The molecule has 78 valence electrons. The number of amides is 1. The van der Waals surface area contributed by atoms with Crippen LogP contribution in [0.25, 0.3) is 6.08 Å². The second-order valence-electron chi connectivity index (χ2n) is 2.70. The topological polar surface area (TPSA) is 82.3 Å². The Morgan fingerprint density at radius 1 is 1.53 bits per heavy atom. The molecule has 0 fully saturated rings. The highest BCUT2D eigenvalue weighted by atomic mass is 16.5. The predicted octanol–water partition coefficient (Wildman–Crippen LogP) is 0.367. The summed E-state index contributed by atoms with van der Waals surface area (Å²) in [5.74, 6) is -1.07. The second-order valence-corrected chi connectivity index (χ2v) is 2.70. The largest absolute Gasteiger partial charge is 0.464 e. The van der Waals surface area contributed by atoms with Gasteiger partial charge in [-0.2, -0.15) is 0 Å². The average Bonchev–Trinajstić information content (AvgIpc) is 2.25. The maximum absolute atomic E-state index is 11.1. The molecule has 0 saturated carbocycles. The van der Waals surface area contributed by atoms with Crippen molar-refractivity contribution in [3.8, 4) is 0 Å². The number of aromatic nitrogens is 1. The van der Waals surface area contributed by atoms with Crippen molar-refractivity contribution in [2.24, 2.45) is 5.73 Å². The van der Waals surface area contributed by atoms with E-state index in [4.69, 9.17) is 5.73 Å². The van der Waals surface area contributed by atoms with E-state index in [1.165, 1.54) is 31.5 Å². The van der Waals surface area contributed by atoms with E-state index in [1.807, 2.05) is 0 Å². The molecule has 1 aromatic rings. The minimum Gasteiger partial charge on any atom is -0.464 e. The maximum Gasteiger partial charge on any atom is 0.356 e. The Morgan fingerprint density at radius 2 is 2.27 bits per heavy atom. The highest BCUT2D eigenvalue weighted by molar-refractivity contribution is 5.91. The van der Waals surface area contributed by atoms with Gasteiger partial charge in [-0.15, -0.1) is 0 Å². The van der Waals surface area contributed by atoms with E-state index in [-0.39, 0.29) is 5.69 Å². The molecule has 1 heterocycles. The summed E-state index contributed by atoms with van der Waals surface area (Å²) >= 11 is 0. The highest BCUT2D eigenvalue weighted by Crippen LogP contribution is 2.04. The Labute approximate surface area is 86.6 Å². The summed E-state index contributed by atoms with van der Waals surface area (Å²) in [7, 11) is 1.27. The third-order valence-electron chi connectivity index (χ3n) is 1.62. The number of hydrogen-bond donors (Lipinski definition) is 1. The van der Waals surface area contributed by atoms with Gasteiger partial charge in [0.2, 0.25) is 5.91 Å². The van der Waals surface area contributed by atoms with Crippen LogP contribution in [0.1, 0.15) is 16.1 Å². The Bertz CT molecular complexity index is 413. The van der Waals surface area contributed by atoms with Crippen LogP contribution in [-0.2, 0) is 9.53 Å². The molecule has 0 aliphatic heterocycles. The predicted molar refractivity (Wildman–Crippen MR) is 53.8 cm³/mol. The van der Waals surface area contributed by atoms with E-state index >= 15 is 0 Å². The zero-order chi connectivity index (χ0) is 11.3. The molecule has 15 heavy (non-hydrogen) atoms. The quantitative estimate of drug-likeness (QED) is 0.572. The lowest BCUT2D eigenvalue weighted by Crippen LogP contribution is -2.06. The molecule has 1 amide bonds. The number of carbonyl (C=O) groups is 2. The van der Waals surface area contributed by atoms with Crippen LogP contribution < -0.4 is 5.73 Å². The number of esters is 1. The molecule has 0 unspecified atom stereocenters. The van der Waals surface area contributed by atoms with Crippen molar-refractivity contribution in [2.45, 2.75) is 0 Å². The second kappa shape index (κ2) is 4.90. The molecule has 0 aromatic carbocycles. The fraction of sp³-hybridized carbons (Fsp3) is 0.100. The van der Waals surface area contributed by atoms with Crippen LogP contribution in [0.3, 0.4) is 0 Å². The van der Waals surface area contributed by atoms with Gasteiger partial charge in [0, 0.05) is 12.3 Å². The number of hydrogen-bond acceptors (Lipinski definition) is 4. The van der Waals surface area contributed by atoms with Gasteiger partial charge in [-0.3, -0.25) is 4.79 Å². The summed E-state index contributed by atoms with van der Waals surface area (Å²) in [6.07, 6.45) is 4.15. The van der Waals surface area contributed by atoms with Gasteiger partial charge in [-0.25, -0.2) is 9.78 Å². The average molecular weight is 206 g/mol. The van der Waals surface area contributed by atoms with Crippen LogP contribution in [0.4, 0.5) is 0 Å². The fourth-order valence-electron chi connectivity index (χ4n) is 0.945. The zero-order valence-electron chi connectivity index (χ0n) is 8.14. The molecule has 2 N–H and O–H groups in total. The number of pyridine rings is 1. The van der Waals surface area contributed by atoms with Gasteiger partial charge in [0.1, 0.15) is 5.69 Å². The van der Waals surface area contributed by atoms with E-state index in [2.05, 4.69) is 9.72 Å². The molecule has 1 aromatic heterocycles. The van der Waals surface area contributed by atoms with Gasteiger partial charge >= 0.3 is 5.97 Å². The standard InChI is InChI=1S/C10H10N2O3/c1-15-10(14)8-6-7(4-5-12-8)2-3-9(11)13/h2-6H,1H3,(H2,11,13). The molecule has 0 saturated heterocycles. The number of methoxy groups -OCH3 is 1. The van der Waals surface area contributed by atoms with E-state index in [0.717, 1.165) is 0 Å². The lowest BCUT2D eigenvalue weighted by molar-refractivity contribution is -0.113. The summed E-state index contributed by atoms with van der Waals surface area (Å²) < 4.78 is 4.50. The van der Waals surface area contributed by atoms with E-state index in [9.17, 15) is 9.59 Å². The molecule has 0 spiro atoms. The van der Waals surface area contributed by atoms with Crippen molar-refractivity contribution >= 4 is 18.0 Å².